The molecule has 31 heavy (non-hydrogen) atoms. The van der Waals surface area contributed by atoms with Crippen LogP contribution in [0.1, 0.15) is 64.7 Å². The number of aromatic nitrogens is 1. The molecule has 0 saturated carbocycles. The summed E-state index contributed by atoms with van der Waals surface area (Å²) in [6, 6.07) is 5.45. The van der Waals surface area contributed by atoms with Gasteiger partial charge in [0.25, 0.3) is 5.56 Å². The summed E-state index contributed by atoms with van der Waals surface area (Å²) in [4.78, 5) is 27.8. The summed E-state index contributed by atoms with van der Waals surface area (Å²) in [5, 5.41) is 9.60. The van der Waals surface area contributed by atoms with Crippen LogP contribution < -0.4 is 10.5 Å². The molecule has 2 aliphatic carbocycles. The number of anilines is 1. The van der Waals surface area contributed by atoms with Gasteiger partial charge in [0.1, 0.15) is 11.7 Å². The van der Waals surface area contributed by atoms with Crippen molar-refractivity contribution in [3.63, 3.8) is 0 Å². The summed E-state index contributed by atoms with van der Waals surface area (Å²) < 4.78 is 16.6. The second-order valence-corrected chi connectivity index (χ2v) is 9.15. The third-order valence-corrected chi connectivity index (χ3v) is 7.73. The SMILES string of the molecule is Cc1c(F)cc2c3c1CCCC3=C1Cn3c(cc4c(c3=O)CCC(=O)C4C#N)C1N2C. The minimum atomic E-state index is -0.874. The maximum absolute atomic E-state index is 14.8. The number of likely N-dealkylation sites (N-methyl/N-ethyl adjacent to an activating group) is 1. The summed E-state index contributed by atoms with van der Waals surface area (Å²) in [6.45, 7) is 2.37. The largest absolute Gasteiger partial charge is 0.362 e. The molecule has 0 N–H and O–H groups in total. The molecule has 0 bridgehead atoms. The van der Waals surface area contributed by atoms with Crippen LogP contribution in [0.15, 0.2) is 22.5 Å². The van der Waals surface area contributed by atoms with Crippen LogP contribution in [-0.2, 0) is 24.2 Å². The van der Waals surface area contributed by atoms with Crippen molar-refractivity contribution < 1.29 is 9.18 Å². The van der Waals surface area contributed by atoms with Gasteiger partial charge in [0.15, 0.2) is 5.78 Å². The van der Waals surface area contributed by atoms with Gasteiger partial charge < -0.3 is 9.47 Å². The van der Waals surface area contributed by atoms with Crippen molar-refractivity contribution in [2.75, 3.05) is 11.9 Å². The minimum Gasteiger partial charge on any atom is -0.362 e. The topological polar surface area (TPSA) is 66.1 Å². The average molecular weight is 415 g/mol. The summed E-state index contributed by atoms with van der Waals surface area (Å²) in [7, 11) is 1.95. The molecule has 2 aliphatic heterocycles. The summed E-state index contributed by atoms with van der Waals surface area (Å²) in [6.07, 6.45) is 3.40. The van der Waals surface area contributed by atoms with E-state index in [1.165, 1.54) is 11.1 Å². The third kappa shape index (κ3) is 2.24. The number of pyridine rings is 1. The Labute approximate surface area is 179 Å². The molecule has 0 radical (unpaired) electrons. The lowest BCUT2D eigenvalue weighted by Crippen LogP contribution is -2.33. The number of ketones is 1. The van der Waals surface area contributed by atoms with Crippen molar-refractivity contribution in [1.29, 1.82) is 5.26 Å². The normalized spacial score (nSPS) is 23.2. The molecule has 3 heterocycles. The molecule has 1 aromatic heterocycles. The predicted octanol–water partition coefficient (Wildman–Crippen LogP) is 3.71. The fourth-order valence-corrected chi connectivity index (χ4v) is 6.20. The Morgan fingerprint density at radius 2 is 1.94 bits per heavy atom. The van der Waals surface area contributed by atoms with Crippen LogP contribution in [-0.4, -0.2) is 17.4 Å². The zero-order valence-corrected chi connectivity index (χ0v) is 17.6. The smallest absolute Gasteiger partial charge is 0.254 e. The summed E-state index contributed by atoms with van der Waals surface area (Å²) in [5.74, 6) is -1.18. The van der Waals surface area contributed by atoms with E-state index in [2.05, 4.69) is 11.0 Å². The second kappa shape index (κ2) is 6.16. The van der Waals surface area contributed by atoms with Gasteiger partial charge in [-0.05, 0) is 72.6 Å². The van der Waals surface area contributed by atoms with Gasteiger partial charge in [-0.15, -0.1) is 0 Å². The van der Waals surface area contributed by atoms with E-state index in [-0.39, 0.29) is 29.6 Å². The maximum Gasteiger partial charge on any atom is 0.254 e. The first-order valence-corrected chi connectivity index (χ1v) is 10.9. The van der Waals surface area contributed by atoms with E-state index in [0.717, 1.165) is 47.3 Å². The van der Waals surface area contributed by atoms with Crippen LogP contribution in [0.4, 0.5) is 10.1 Å². The van der Waals surface area contributed by atoms with Crippen LogP contribution in [0.2, 0.25) is 0 Å². The number of Topliss-reactive ketones (excluding diaryl/α,β-unsaturated/α-hetero) is 1. The number of carbonyl (C=O) groups excluding carboxylic acids is 1. The second-order valence-electron chi connectivity index (χ2n) is 9.15. The quantitative estimate of drug-likeness (QED) is 0.658. The van der Waals surface area contributed by atoms with Crippen molar-refractivity contribution in [2.24, 2.45) is 0 Å². The number of halogens is 1. The molecule has 2 aromatic rings. The number of nitriles is 1. The van der Waals surface area contributed by atoms with E-state index >= 15 is 0 Å². The molecule has 0 amide bonds. The number of allylic oxidation sites excluding steroid dienone is 1. The van der Waals surface area contributed by atoms with E-state index in [1.54, 1.807) is 6.07 Å². The van der Waals surface area contributed by atoms with Gasteiger partial charge in [-0.3, -0.25) is 9.59 Å². The molecule has 156 valence electrons. The Morgan fingerprint density at radius 3 is 2.71 bits per heavy atom. The van der Waals surface area contributed by atoms with Crippen LogP contribution in [0.3, 0.4) is 0 Å². The number of hydrogen-bond acceptors (Lipinski definition) is 4. The number of fused-ring (bicyclic) bond motifs is 4. The van der Waals surface area contributed by atoms with Crippen molar-refractivity contribution >= 4 is 17.0 Å². The lowest BCUT2D eigenvalue weighted by atomic mass is 9.77. The van der Waals surface area contributed by atoms with Crippen LogP contribution in [0.5, 0.6) is 0 Å². The van der Waals surface area contributed by atoms with Gasteiger partial charge in [0.2, 0.25) is 0 Å². The molecule has 0 spiro atoms. The number of carbonyl (C=O) groups is 1. The molecular weight excluding hydrogens is 393 g/mol. The van der Waals surface area contributed by atoms with E-state index in [1.807, 2.05) is 24.6 Å². The Balaban J connectivity index is 1.63. The zero-order chi connectivity index (χ0) is 21.6. The van der Waals surface area contributed by atoms with Crippen molar-refractivity contribution in [3.05, 3.63) is 67.4 Å². The fraction of sp³-hybridized carbons (Fsp3) is 0.400. The van der Waals surface area contributed by atoms with Crippen LogP contribution >= 0.6 is 0 Å². The van der Waals surface area contributed by atoms with Gasteiger partial charge in [0, 0.05) is 42.5 Å². The summed E-state index contributed by atoms with van der Waals surface area (Å²) in [5.41, 5.74) is 8.17. The van der Waals surface area contributed by atoms with E-state index in [9.17, 15) is 19.2 Å². The van der Waals surface area contributed by atoms with E-state index in [4.69, 9.17) is 0 Å². The van der Waals surface area contributed by atoms with Crippen molar-refractivity contribution in [2.45, 2.75) is 57.5 Å². The maximum atomic E-state index is 14.8. The molecule has 6 rings (SSSR count). The summed E-state index contributed by atoms with van der Waals surface area (Å²) >= 11 is 0. The predicted molar refractivity (Wildman–Crippen MR) is 115 cm³/mol. The Morgan fingerprint density at radius 1 is 1.13 bits per heavy atom. The first-order valence-electron chi connectivity index (χ1n) is 10.9. The first-order chi connectivity index (χ1) is 14.9. The van der Waals surface area contributed by atoms with Crippen LogP contribution in [0, 0.1) is 24.1 Å². The van der Waals surface area contributed by atoms with Crippen LogP contribution in [0.25, 0.3) is 5.57 Å². The number of nitrogens with zero attached hydrogens (tertiary/aromatic N) is 3. The lowest BCUT2D eigenvalue weighted by molar-refractivity contribution is -0.119. The van der Waals surface area contributed by atoms with Gasteiger partial charge in [-0.25, -0.2) is 4.39 Å². The molecule has 2 unspecified atom stereocenters. The molecule has 1 aromatic carbocycles. The monoisotopic (exact) mass is 415 g/mol. The minimum absolute atomic E-state index is 0.0846. The van der Waals surface area contributed by atoms with Gasteiger partial charge >= 0.3 is 0 Å². The van der Waals surface area contributed by atoms with Gasteiger partial charge in [-0.2, -0.15) is 5.26 Å². The Bertz CT molecular complexity index is 1340. The molecule has 2 atom stereocenters. The van der Waals surface area contributed by atoms with Gasteiger partial charge in [-0.1, -0.05) is 0 Å². The molecule has 0 saturated heterocycles. The van der Waals surface area contributed by atoms with E-state index in [0.29, 0.717) is 24.1 Å². The third-order valence-electron chi connectivity index (χ3n) is 7.73. The number of benzene rings is 1. The highest BCUT2D eigenvalue weighted by atomic mass is 19.1. The number of rotatable bonds is 0. The molecule has 4 aliphatic rings. The fourth-order valence-electron chi connectivity index (χ4n) is 6.20. The lowest BCUT2D eigenvalue weighted by Gasteiger charge is -2.39. The van der Waals surface area contributed by atoms with E-state index < -0.39 is 5.92 Å². The Hall–Kier alpha value is -3.20. The first kappa shape index (κ1) is 18.6. The zero-order valence-electron chi connectivity index (χ0n) is 17.6. The number of hydrogen-bond donors (Lipinski definition) is 0. The molecule has 6 heteroatoms. The highest BCUT2D eigenvalue weighted by molar-refractivity contribution is 5.91. The molecule has 0 fully saturated rings. The van der Waals surface area contributed by atoms with Crippen molar-refractivity contribution in [1.82, 2.24) is 4.57 Å². The highest BCUT2D eigenvalue weighted by Gasteiger charge is 2.42. The average Bonchev–Trinajstić information content (AvgIpc) is 3.15. The Kier molecular flexibility index (Phi) is 3.69. The van der Waals surface area contributed by atoms with Gasteiger partial charge in [0.05, 0.1) is 12.1 Å². The highest BCUT2D eigenvalue weighted by Crippen LogP contribution is 2.53. The van der Waals surface area contributed by atoms with Crippen molar-refractivity contribution in [3.8, 4) is 6.07 Å². The molecule has 5 nitrogen and oxygen atoms in total. The molecular formula is C25H22FN3O2. The standard InChI is InChI=1S/C25H22FN3O2/c1-12-13-4-3-5-14-18-11-29-21(24(18)28(2)20(23(13)14)9-19(12)26)8-16-15(25(29)31)6-7-22(30)17(16)10-27/h8-9,17,24H,3-7,11H2,1-2H3.